The Morgan fingerprint density at radius 3 is 2.52 bits per heavy atom. The van der Waals surface area contributed by atoms with Gasteiger partial charge in [-0.1, -0.05) is 12.1 Å². The van der Waals surface area contributed by atoms with Gasteiger partial charge in [-0.25, -0.2) is 0 Å². The lowest BCUT2D eigenvalue weighted by Crippen LogP contribution is -2.58. The third kappa shape index (κ3) is 4.20. The Morgan fingerprint density at radius 2 is 1.96 bits per heavy atom. The molecule has 23 heavy (non-hydrogen) atoms. The van der Waals surface area contributed by atoms with Crippen LogP contribution >= 0.6 is 12.2 Å². The first-order chi connectivity index (χ1) is 11.1. The van der Waals surface area contributed by atoms with E-state index in [1.807, 2.05) is 26.2 Å². The summed E-state index contributed by atoms with van der Waals surface area (Å²) in [5.41, 5.74) is 5.16. The highest BCUT2D eigenvalue weighted by Gasteiger charge is 2.34. The highest BCUT2D eigenvalue weighted by Crippen LogP contribution is 2.27. The van der Waals surface area contributed by atoms with Crippen LogP contribution in [0.4, 0.5) is 5.69 Å². The number of fused-ring (bicyclic) bond motifs is 3. The number of hydrogen-bond donors (Lipinski definition) is 2. The highest BCUT2D eigenvalue weighted by molar-refractivity contribution is 7.80. The zero-order chi connectivity index (χ0) is 16.2. The average Bonchev–Trinajstić information content (AvgIpc) is 2.56. The molecular formula is C17H25N5S. The topological polar surface area (TPSA) is 42.9 Å². The summed E-state index contributed by atoms with van der Waals surface area (Å²) in [6.45, 7) is 3.58. The molecule has 0 saturated carbocycles. The van der Waals surface area contributed by atoms with Gasteiger partial charge in [0.2, 0.25) is 0 Å². The van der Waals surface area contributed by atoms with Gasteiger partial charge in [-0.3, -0.25) is 5.43 Å². The lowest BCUT2D eigenvalue weighted by atomic mass is 9.84. The van der Waals surface area contributed by atoms with Gasteiger partial charge < -0.3 is 15.1 Å². The summed E-state index contributed by atoms with van der Waals surface area (Å²) in [5.74, 6) is 0.752. The predicted octanol–water partition coefficient (Wildman–Crippen LogP) is 1.64. The fourth-order valence-electron chi connectivity index (χ4n) is 3.35. The number of piperidine rings is 3. The minimum Gasteiger partial charge on any atom is -0.378 e. The summed E-state index contributed by atoms with van der Waals surface area (Å²) < 4.78 is 0. The molecule has 0 radical (unpaired) electrons. The first kappa shape index (κ1) is 16.2. The molecule has 1 atom stereocenters. The predicted molar refractivity (Wildman–Crippen MR) is 100 cm³/mol. The first-order valence-corrected chi connectivity index (χ1v) is 8.62. The molecule has 2 bridgehead atoms. The summed E-state index contributed by atoms with van der Waals surface area (Å²) in [6.07, 6.45) is 4.35. The maximum absolute atomic E-state index is 5.36. The second kappa shape index (κ2) is 7.27. The van der Waals surface area contributed by atoms with E-state index in [4.69, 9.17) is 12.2 Å². The van der Waals surface area contributed by atoms with Crippen molar-refractivity contribution in [1.82, 2.24) is 15.6 Å². The van der Waals surface area contributed by atoms with Crippen LogP contribution in [-0.2, 0) is 0 Å². The molecule has 6 heteroatoms. The third-order valence-electron chi connectivity index (χ3n) is 4.76. The summed E-state index contributed by atoms with van der Waals surface area (Å²) >= 11 is 5.36. The molecule has 3 aliphatic heterocycles. The molecule has 1 aromatic carbocycles. The van der Waals surface area contributed by atoms with Crippen LogP contribution in [0.25, 0.3) is 0 Å². The molecule has 2 N–H and O–H groups in total. The molecule has 0 spiro atoms. The van der Waals surface area contributed by atoms with E-state index >= 15 is 0 Å². The van der Waals surface area contributed by atoms with Crippen molar-refractivity contribution in [3.05, 3.63) is 29.8 Å². The molecular weight excluding hydrogens is 306 g/mol. The second-order valence-electron chi connectivity index (χ2n) is 6.57. The van der Waals surface area contributed by atoms with Gasteiger partial charge in [0, 0.05) is 32.4 Å². The Hall–Kier alpha value is -1.66. The standard InChI is InChI=1S/C17H25N5S/c1-21(2)15-5-3-13(4-6-15)11-18-20-17(23)19-16-12-22-9-7-14(16)8-10-22/h3-6,11,14,16H,7-10,12H2,1-2H3,(H2,19,20,23)/b18-11+. The number of anilines is 1. The minimum atomic E-state index is 0.465. The Morgan fingerprint density at radius 1 is 1.26 bits per heavy atom. The molecule has 3 saturated heterocycles. The van der Waals surface area contributed by atoms with E-state index in [-0.39, 0.29) is 0 Å². The number of nitrogens with zero attached hydrogens (tertiary/aromatic N) is 3. The second-order valence-corrected chi connectivity index (χ2v) is 6.98. The molecule has 3 aliphatic rings. The van der Waals surface area contributed by atoms with Gasteiger partial charge in [-0.05, 0) is 61.8 Å². The van der Waals surface area contributed by atoms with Crippen LogP contribution in [0.3, 0.4) is 0 Å². The van der Waals surface area contributed by atoms with Gasteiger partial charge in [-0.15, -0.1) is 0 Å². The largest absolute Gasteiger partial charge is 0.378 e. The van der Waals surface area contributed by atoms with Crippen molar-refractivity contribution in [2.24, 2.45) is 11.0 Å². The van der Waals surface area contributed by atoms with E-state index < -0.39 is 0 Å². The Balaban J connectivity index is 1.47. The van der Waals surface area contributed by atoms with Crippen molar-refractivity contribution in [1.29, 1.82) is 0 Å². The van der Waals surface area contributed by atoms with Crippen LogP contribution in [0.2, 0.25) is 0 Å². The lowest BCUT2D eigenvalue weighted by molar-refractivity contribution is 0.0812. The summed E-state index contributed by atoms with van der Waals surface area (Å²) in [4.78, 5) is 4.59. The van der Waals surface area contributed by atoms with Crippen LogP contribution in [0.5, 0.6) is 0 Å². The van der Waals surface area contributed by atoms with Gasteiger partial charge in [0.15, 0.2) is 5.11 Å². The van der Waals surface area contributed by atoms with Gasteiger partial charge in [0.05, 0.1) is 6.21 Å². The molecule has 0 amide bonds. The van der Waals surface area contributed by atoms with Gasteiger partial charge in [0.1, 0.15) is 0 Å². The number of thiocarbonyl (C=S) groups is 1. The quantitative estimate of drug-likeness (QED) is 0.499. The summed E-state index contributed by atoms with van der Waals surface area (Å²) in [6, 6.07) is 8.71. The monoisotopic (exact) mass is 331 g/mol. The van der Waals surface area contributed by atoms with Gasteiger partial charge in [0.25, 0.3) is 0 Å². The normalized spacial score (nSPS) is 26.3. The highest BCUT2D eigenvalue weighted by atomic mass is 32.1. The molecule has 3 heterocycles. The van der Waals surface area contributed by atoms with Crippen LogP contribution < -0.4 is 15.6 Å². The van der Waals surface area contributed by atoms with E-state index in [1.165, 1.54) is 31.6 Å². The fourth-order valence-corrected chi connectivity index (χ4v) is 3.56. The first-order valence-electron chi connectivity index (χ1n) is 8.21. The van der Waals surface area contributed by atoms with E-state index in [0.29, 0.717) is 11.2 Å². The van der Waals surface area contributed by atoms with Crippen molar-refractivity contribution < 1.29 is 0 Å². The number of benzene rings is 1. The molecule has 5 nitrogen and oxygen atoms in total. The number of nitrogens with one attached hydrogen (secondary N) is 2. The van der Waals surface area contributed by atoms with E-state index in [9.17, 15) is 0 Å². The van der Waals surface area contributed by atoms with Crippen LogP contribution in [0, 0.1) is 5.92 Å². The summed E-state index contributed by atoms with van der Waals surface area (Å²) in [7, 11) is 4.06. The average molecular weight is 331 g/mol. The maximum atomic E-state index is 5.36. The molecule has 0 aromatic heterocycles. The molecule has 1 unspecified atom stereocenters. The minimum absolute atomic E-state index is 0.465. The van der Waals surface area contributed by atoms with Gasteiger partial charge >= 0.3 is 0 Å². The van der Waals surface area contributed by atoms with Crippen LogP contribution in [0.15, 0.2) is 29.4 Å². The number of hydrazone groups is 1. The smallest absolute Gasteiger partial charge is 0.187 e. The molecule has 1 aromatic rings. The van der Waals surface area contributed by atoms with E-state index in [2.05, 4.69) is 37.8 Å². The zero-order valence-corrected chi connectivity index (χ0v) is 14.6. The summed E-state index contributed by atoms with van der Waals surface area (Å²) in [5, 5.41) is 8.27. The third-order valence-corrected chi connectivity index (χ3v) is 4.97. The van der Waals surface area contributed by atoms with Crippen molar-refractivity contribution in [2.75, 3.05) is 38.6 Å². The number of rotatable bonds is 4. The Labute approximate surface area is 143 Å². The lowest BCUT2D eigenvalue weighted by Gasteiger charge is -2.45. The van der Waals surface area contributed by atoms with Crippen molar-refractivity contribution >= 4 is 29.2 Å². The van der Waals surface area contributed by atoms with Gasteiger partial charge in [-0.2, -0.15) is 5.10 Å². The molecule has 3 fully saturated rings. The molecule has 124 valence electrons. The van der Waals surface area contributed by atoms with Crippen molar-refractivity contribution in [3.8, 4) is 0 Å². The Kier molecular flexibility index (Phi) is 5.13. The van der Waals surface area contributed by atoms with Crippen molar-refractivity contribution in [2.45, 2.75) is 18.9 Å². The van der Waals surface area contributed by atoms with Crippen molar-refractivity contribution in [3.63, 3.8) is 0 Å². The zero-order valence-electron chi connectivity index (χ0n) is 13.8. The Bertz CT molecular complexity index is 561. The van der Waals surface area contributed by atoms with E-state index in [1.54, 1.807) is 6.21 Å². The molecule has 4 rings (SSSR count). The number of hydrogen-bond acceptors (Lipinski definition) is 4. The molecule has 0 aliphatic carbocycles. The van der Waals surface area contributed by atoms with Crippen LogP contribution in [0.1, 0.15) is 18.4 Å². The fraction of sp³-hybridized carbons (Fsp3) is 0.529. The van der Waals surface area contributed by atoms with Crippen LogP contribution in [-0.4, -0.2) is 56.0 Å². The maximum Gasteiger partial charge on any atom is 0.187 e. The van der Waals surface area contributed by atoms with E-state index in [0.717, 1.165) is 18.0 Å². The SMILES string of the molecule is CN(C)c1ccc(/C=N/NC(=S)NC2CN3CCC2CC3)cc1.